The van der Waals surface area contributed by atoms with Crippen molar-refractivity contribution in [1.29, 1.82) is 0 Å². The van der Waals surface area contributed by atoms with Crippen LogP contribution in [-0.4, -0.2) is 72.4 Å². The molecule has 0 aromatic rings. The largest absolute Gasteiger partial charge is 0.379 e. The van der Waals surface area contributed by atoms with E-state index < -0.39 is 9.84 Å². The van der Waals surface area contributed by atoms with Gasteiger partial charge in [0.2, 0.25) is 0 Å². The Bertz CT molecular complexity index is 482. The minimum absolute atomic E-state index is 0. The lowest BCUT2D eigenvalue weighted by atomic mass is 9.98. The highest BCUT2D eigenvalue weighted by molar-refractivity contribution is 14.0. The van der Waals surface area contributed by atoms with Gasteiger partial charge in [-0.25, -0.2) is 8.42 Å². The van der Waals surface area contributed by atoms with E-state index in [1.54, 1.807) is 7.05 Å². The first-order chi connectivity index (χ1) is 12.0. The van der Waals surface area contributed by atoms with Crippen LogP contribution >= 0.6 is 24.0 Å². The zero-order valence-corrected chi connectivity index (χ0v) is 19.5. The third kappa shape index (κ3) is 12.3. The molecule has 1 aliphatic carbocycles. The number of halogens is 1. The van der Waals surface area contributed by atoms with E-state index in [9.17, 15) is 8.42 Å². The summed E-state index contributed by atoms with van der Waals surface area (Å²) in [6.07, 6.45) is 7.72. The van der Waals surface area contributed by atoms with Crippen LogP contribution in [0.4, 0.5) is 0 Å². The van der Waals surface area contributed by atoms with E-state index in [-0.39, 0.29) is 36.3 Å². The maximum atomic E-state index is 11.0. The molecule has 1 atom stereocenters. The zero-order chi connectivity index (χ0) is 18.5. The molecule has 1 saturated carbocycles. The van der Waals surface area contributed by atoms with Crippen LogP contribution in [0.2, 0.25) is 0 Å². The van der Waals surface area contributed by atoms with Gasteiger partial charge in [0, 0.05) is 33.0 Å². The number of ether oxygens (including phenoxy) is 2. The van der Waals surface area contributed by atoms with Crippen molar-refractivity contribution in [2.24, 2.45) is 10.9 Å². The van der Waals surface area contributed by atoms with Crippen LogP contribution in [0.5, 0.6) is 0 Å². The van der Waals surface area contributed by atoms with E-state index in [1.807, 2.05) is 0 Å². The van der Waals surface area contributed by atoms with Crippen molar-refractivity contribution in [1.82, 2.24) is 10.6 Å². The summed E-state index contributed by atoms with van der Waals surface area (Å²) in [4.78, 5) is 4.19. The molecule has 156 valence electrons. The molecule has 0 amide bonds. The second-order valence-electron chi connectivity index (χ2n) is 6.50. The van der Waals surface area contributed by atoms with Gasteiger partial charge in [0.15, 0.2) is 5.96 Å². The molecule has 0 aromatic carbocycles. The van der Waals surface area contributed by atoms with Crippen LogP contribution in [0.3, 0.4) is 0 Å². The van der Waals surface area contributed by atoms with Crippen molar-refractivity contribution >= 4 is 39.8 Å². The summed E-state index contributed by atoms with van der Waals surface area (Å²) < 4.78 is 33.2. The normalized spacial score (nSPS) is 17.0. The van der Waals surface area contributed by atoms with Crippen LogP contribution in [0.25, 0.3) is 0 Å². The molecule has 1 rings (SSSR count). The van der Waals surface area contributed by atoms with Gasteiger partial charge in [-0.3, -0.25) is 4.99 Å². The fourth-order valence-corrected chi connectivity index (χ4v) is 3.53. The molecular weight excluding hydrogens is 469 g/mol. The average Bonchev–Trinajstić information content (AvgIpc) is 3.08. The fourth-order valence-electron chi connectivity index (χ4n) is 3.11. The van der Waals surface area contributed by atoms with Crippen molar-refractivity contribution in [2.45, 2.75) is 45.1 Å². The summed E-state index contributed by atoms with van der Waals surface area (Å²) in [5.74, 6) is 1.48. The van der Waals surface area contributed by atoms with Crippen molar-refractivity contribution in [2.75, 3.05) is 52.0 Å². The molecule has 2 N–H and O–H groups in total. The highest BCUT2D eigenvalue weighted by atomic mass is 127. The molecule has 26 heavy (non-hydrogen) atoms. The number of aliphatic imine (C=N–C) groups is 1. The van der Waals surface area contributed by atoms with Gasteiger partial charge in [-0.2, -0.15) is 0 Å². The quantitative estimate of drug-likeness (QED) is 0.182. The number of hydrogen-bond donors (Lipinski definition) is 2. The molecule has 1 aliphatic rings. The van der Waals surface area contributed by atoms with Crippen molar-refractivity contribution in [3.05, 3.63) is 0 Å². The summed E-state index contributed by atoms with van der Waals surface area (Å²) in [6, 6.07) is 0. The second kappa shape index (κ2) is 14.9. The van der Waals surface area contributed by atoms with E-state index in [4.69, 9.17) is 9.47 Å². The topological polar surface area (TPSA) is 89.0 Å². The smallest absolute Gasteiger partial charge is 0.191 e. The minimum atomic E-state index is -2.96. The Kier molecular flexibility index (Phi) is 14.8. The van der Waals surface area contributed by atoms with E-state index in [1.165, 1.54) is 31.9 Å². The van der Waals surface area contributed by atoms with Gasteiger partial charge in [-0.1, -0.05) is 12.8 Å². The summed E-state index contributed by atoms with van der Waals surface area (Å²) in [7, 11) is -1.22. The lowest BCUT2D eigenvalue weighted by Crippen LogP contribution is -2.40. The fraction of sp³-hybridized carbons (Fsp3) is 0.941. The van der Waals surface area contributed by atoms with Crippen LogP contribution in [0.15, 0.2) is 4.99 Å². The van der Waals surface area contributed by atoms with Crippen LogP contribution in [0, 0.1) is 5.92 Å². The molecular formula is C17H36IN3O4S. The molecule has 1 unspecified atom stereocenters. The van der Waals surface area contributed by atoms with Crippen molar-refractivity contribution in [3.63, 3.8) is 0 Å². The number of sulfone groups is 1. The number of nitrogens with one attached hydrogen (secondary N) is 2. The maximum Gasteiger partial charge on any atom is 0.191 e. The van der Waals surface area contributed by atoms with Crippen LogP contribution < -0.4 is 10.6 Å². The highest BCUT2D eigenvalue weighted by Crippen LogP contribution is 2.30. The molecule has 0 aliphatic heterocycles. The van der Waals surface area contributed by atoms with Gasteiger partial charge >= 0.3 is 0 Å². The minimum Gasteiger partial charge on any atom is -0.379 e. The molecule has 1 fully saturated rings. The first-order valence-electron chi connectivity index (χ1n) is 9.28. The molecule has 0 radical (unpaired) electrons. The Hall–Kier alpha value is -0.130. The Morgan fingerprint density at radius 2 is 1.85 bits per heavy atom. The first kappa shape index (κ1) is 25.9. The molecule has 0 aromatic heterocycles. The van der Waals surface area contributed by atoms with Gasteiger partial charge in [0.1, 0.15) is 9.84 Å². The second-order valence-corrected chi connectivity index (χ2v) is 8.75. The van der Waals surface area contributed by atoms with Gasteiger partial charge in [-0.15, -0.1) is 24.0 Å². The van der Waals surface area contributed by atoms with E-state index in [0.717, 1.165) is 25.5 Å². The van der Waals surface area contributed by atoms with Crippen molar-refractivity contribution in [3.8, 4) is 0 Å². The van der Waals surface area contributed by atoms with E-state index in [2.05, 4.69) is 22.5 Å². The van der Waals surface area contributed by atoms with Gasteiger partial charge in [-0.05, 0) is 32.1 Å². The molecule has 0 saturated heterocycles. The predicted octanol–water partition coefficient (Wildman–Crippen LogP) is 1.82. The standard InChI is InChI=1S/C17H35N3O4S.HI/c1-4-24-16(15-7-5-6-8-15)9-10-19-17(18-2)20-11-12-23-13-14-25(3,21)22;/h15-16H,4-14H2,1-3H3,(H2,18,19,20);1H. The lowest BCUT2D eigenvalue weighted by Gasteiger charge is -2.24. The van der Waals surface area contributed by atoms with Crippen molar-refractivity contribution < 1.29 is 17.9 Å². The monoisotopic (exact) mass is 505 g/mol. The highest BCUT2D eigenvalue weighted by Gasteiger charge is 2.24. The molecule has 0 spiro atoms. The molecule has 0 heterocycles. The summed E-state index contributed by atoms with van der Waals surface area (Å²) in [6.45, 7) is 4.89. The Morgan fingerprint density at radius 3 is 2.42 bits per heavy atom. The molecule has 7 nitrogen and oxygen atoms in total. The van der Waals surface area contributed by atoms with Gasteiger partial charge in [0.25, 0.3) is 0 Å². The summed E-state index contributed by atoms with van der Waals surface area (Å²) in [5.41, 5.74) is 0. The molecule has 9 heteroatoms. The van der Waals surface area contributed by atoms with Crippen LogP contribution in [0.1, 0.15) is 39.0 Å². The number of rotatable bonds is 12. The zero-order valence-electron chi connectivity index (χ0n) is 16.3. The summed E-state index contributed by atoms with van der Waals surface area (Å²) >= 11 is 0. The number of hydrogen-bond acceptors (Lipinski definition) is 5. The van der Waals surface area contributed by atoms with Gasteiger partial charge in [0.05, 0.1) is 25.1 Å². The molecule has 0 bridgehead atoms. The SMILES string of the molecule is CCOC(CCNC(=NC)NCCOCCS(C)(=O)=O)C1CCCC1.I. The number of guanidine groups is 1. The lowest BCUT2D eigenvalue weighted by molar-refractivity contribution is 0.0169. The van der Waals surface area contributed by atoms with Gasteiger partial charge < -0.3 is 20.1 Å². The van der Waals surface area contributed by atoms with E-state index in [0.29, 0.717) is 25.2 Å². The maximum absolute atomic E-state index is 11.0. The Morgan fingerprint density at radius 1 is 1.19 bits per heavy atom. The third-order valence-electron chi connectivity index (χ3n) is 4.39. The van der Waals surface area contributed by atoms with E-state index >= 15 is 0 Å². The third-order valence-corrected chi connectivity index (χ3v) is 5.30. The number of nitrogens with zero attached hydrogens (tertiary/aromatic N) is 1. The average molecular weight is 505 g/mol. The Balaban J connectivity index is 0.00000625. The van der Waals surface area contributed by atoms with Crippen LogP contribution in [-0.2, 0) is 19.3 Å². The predicted molar refractivity (Wildman–Crippen MR) is 117 cm³/mol. The first-order valence-corrected chi connectivity index (χ1v) is 11.3. The Labute approximate surface area is 176 Å². The summed E-state index contributed by atoms with van der Waals surface area (Å²) in [5, 5.41) is 6.47.